The SMILES string of the molecule is CC1(C)[C@@H](O)C[C@H]1Nc1nc(NCCc2ccccc2OC(F)F)ncc1C#N. The molecule has 1 heterocycles. The average Bonchev–Trinajstić information content (AvgIpc) is 2.69. The summed E-state index contributed by atoms with van der Waals surface area (Å²) >= 11 is 0. The highest BCUT2D eigenvalue weighted by Gasteiger charge is 2.47. The van der Waals surface area contributed by atoms with Gasteiger partial charge in [-0.25, -0.2) is 4.98 Å². The number of rotatable bonds is 8. The summed E-state index contributed by atoms with van der Waals surface area (Å²) in [5.74, 6) is 0.853. The van der Waals surface area contributed by atoms with E-state index in [1.54, 1.807) is 18.2 Å². The van der Waals surface area contributed by atoms with Crippen molar-refractivity contribution < 1.29 is 18.6 Å². The Kier molecular flexibility index (Phi) is 6.13. The van der Waals surface area contributed by atoms with Crippen molar-refractivity contribution in [3.05, 3.63) is 41.6 Å². The molecule has 29 heavy (non-hydrogen) atoms. The second-order valence-electron chi connectivity index (χ2n) is 7.50. The molecule has 2 atom stereocenters. The van der Waals surface area contributed by atoms with Crippen LogP contribution in [-0.4, -0.2) is 40.4 Å². The summed E-state index contributed by atoms with van der Waals surface area (Å²) in [6.45, 7) is 1.41. The minimum Gasteiger partial charge on any atom is -0.435 e. The zero-order valence-electron chi connectivity index (χ0n) is 16.2. The lowest BCUT2D eigenvalue weighted by atomic mass is 9.64. The Bertz CT molecular complexity index is 901. The Morgan fingerprint density at radius 1 is 1.38 bits per heavy atom. The van der Waals surface area contributed by atoms with Crippen LogP contribution in [0, 0.1) is 16.7 Å². The van der Waals surface area contributed by atoms with Crippen LogP contribution in [0.2, 0.25) is 0 Å². The molecule has 1 fully saturated rings. The van der Waals surface area contributed by atoms with Gasteiger partial charge < -0.3 is 20.5 Å². The van der Waals surface area contributed by atoms with Gasteiger partial charge in [0, 0.05) is 18.0 Å². The second kappa shape index (κ2) is 8.57. The Balaban J connectivity index is 1.64. The van der Waals surface area contributed by atoms with Crippen molar-refractivity contribution in [3.63, 3.8) is 0 Å². The molecule has 0 aliphatic heterocycles. The summed E-state index contributed by atoms with van der Waals surface area (Å²) in [4.78, 5) is 8.50. The topological polar surface area (TPSA) is 103 Å². The minimum atomic E-state index is -2.88. The third kappa shape index (κ3) is 4.71. The first-order valence-corrected chi connectivity index (χ1v) is 9.29. The molecular weight excluding hydrogens is 380 g/mol. The third-order valence-electron chi connectivity index (χ3n) is 5.30. The molecule has 0 spiro atoms. The van der Waals surface area contributed by atoms with Gasteiger partial charge in [-0.1, -0.05) is 32.0 Å². The van der Waals surface area contributed by atoms with Crippen molar-refractivity contribution in [3.8, 4) is 11.8 Å². The largest absolute Gasteiger partial charge is 0.435 e. The van der Waals surface area contributed by atoms with Gasteiger partial charge in [-0.2, -0.15) is 19.0 Å². The molecule has 0 radical (unpaired) electrons. The number of ether oxygens (including phenoxy) is 1. The number of alkyl halides is 2. The number of nitriles is 1. The number of nitrogens with one attached hydrogen (secondary N) is 2. The first-order valence-electron chi connectivity index (χ1n) is 9.29. The Morgan fingerprint density at radius 2 is 2.14 bits per heavy atom. The van der Waals surface area contributed by atoms with Gasteiger partial charge >= 0.3 is 6.61 Å². The number of benzene rings is 1. The van der Waals surface area contributed by atoms with Crippen molar-refractivity contribution in [2.24, 2.45) is 5.41 Å². The lowest BCUT2D eigenvalue weighted by Gasteiger charge is -2.49. The van der Waals surface area contributed by atoms with Gasteiger partial charge in [0.15, 0.2) is 0 Å². The molecule has 1 aliphatic rings. The number of halogens is 2. The van der Waals surface area contributed by atoms with Crippen LogP contribution in [0.5, 0.6) is 5.75 Å². The van der Waals surface area contributed by atoms with E-state index in [1.165, 1.54) is 12.3 Å². The maximum Gasteiger partial charge on any atom is 0.387 e. The van der Waals surface area contributed by atoms with Crippen LogP contribution in [0.3, 0.4) is 0 Å². The van der Waals surface area contributed by atoms with E-state index in [4.69, 9.17) is 0 Å². The maximum absolute atomic E-state index is 12.5. The first kappa shape index (κ1) is 20.7. The zero-order valence-corrected chi connectivity index (χ0v) is 16.2. The molecule has 3 N–H and O–H groups in total. The minimum absolute atomic E-state index is 0.00859. The molecular formula is C20H23F2N5O2. The highest BCUT2D eigenvalue weighted by molar-refractivity contribution is 5.54. The summed E-state index contributed by atoms with van der Waals surface area (Å²) in [5, 5.41) is 25.5. The van der Waals surface area contributed by atoms with E-state index in [9.17, 15) is 19.1 Å². The number of para-hydroxylation sites is 1. The Labute approximate surface area is 167 Å². The number of aliphatic hydroxyl groups is 1. The summed E-state index contributed by atoms with van der Waals surface area (Å²) in [5.41, 5.74) is 0.626. The van der Waals surface area contributed by atoms with E-state index < -0.39 is 12.7 Å². The average molecular weight is 403 g/mol. The number of hydrogen-bond donors (Lipinski definition) is 3. The van der Waals surface area contributed by atoms with Crippen molar-refractivity contribution in [1.29, 1.82) is 5.26 Å². The fourth-order valence-corrected chi connectivity index (χ4v) is 3.20. The van der Waals surface area contributed by atoms with Crippen LogP contribution in [0.1, 0.15) is 31.4 Å². The summed E-state index contributed by atoms with van der Waals surface area (Å²) in [6, 6.07) is 8.65. The van der Waals surface area contributed by atoms with Crippen molar-refractivity contribution >= 4 is 11.8 Å². The molecule has 9 heteroatoms. The smallest absolute Gasteiger partial charge is 0.387 e. The van der Waals surface area contributed by atoms with E-state index in [-0.39, 0.29) is 17.2 Å². The summed E-state index contributed by atoms with van der Waals surface area (Å²) in [6.07, 6.45) is 2.02. The number of aliphatic hydroxyl groups excluding tert-OH is 1. The predicted molar refractivity (Wildman–Crippen MR) is 104 cm³/mol. The van der Waals surface area contributed by atoms with Gasteiger partial charge in [0.1, 0.15) is 23.2 Å². The van der Waals surface area contributed by atoms with E-state index in [0.717, 1.165) is 0 Å². The van der Waals surface area contributed by atoms with Crippen molar-refractivity contribution in [1.82, 2.24) is 9.97 Å². The van der Waals surface area contributed by atoms with Crippen LogP contribution in [0.15, 0.2) is 30.5 Å². The van der Waals surface area contributed by atoms with Crippen LogP contribution in [-0.2, 0) is 6.42 Å². The van der Waals surface area contributed by atoms with Gasteiger partial charge in [0.2, 0.25) is 5.95 Å². The van der Waals surface area contributed by atoms with Crippen LogP contribution < -0.4 is 15.4 Å². The highest BCUT2D eigenvalue weighted by Crippen LogP contribution is 2.42. The molecule has 0 unspecified atom stereocenters. The number of nitrogens with zero attached hydrogens (tertiary/aromatic N) is 3. The molecule has 3 rings (SSSR count). The fraction of sp³-hybridized carbons (Fsp3) is 0.450. The van der Waals surface area contributed by atoms with Gasteiger partial charge in [0.05, 0.1) is 12.3 Å². The molecule has 1 saturated carbocycles. The number of hydrogen-bond acceptors (Lipinski definition) is 7. The molecule has 0 saturated heterocycles. The highest BCUT2D eigenvalue weighted by atomic mass is 19.3. The monoisotopic (exact) mass is 403 g/mol. The maximum atomic E-state index is 12.5. The zero-order chi connectivity index (χ0) is 21.0. The summed E-state index contributed by atoms with van der Waals surface area (Å²) < 4.78 is 29.6. The van der Waals surface area contributed by atoms with Gasteiger partial charge in [-0.3, -0.25) is 0 Å². The van der Waals surface area contributed by atoms with E-state index in [2.05, 4.69) is 31.4 Å². The molecule has 7 nitrogen and oxygen atoms in total. The number of aromatic nitrogens is 2. The molecule has 154 valence electrons. The van der Waals surface area contributed by atoms with E-state index >= 15 is 0 Å². The van der Waals surface area contributed by atoms with Gasteiger partial charge in [0.25, 0.3) is 0 Å². The lowest BCUT2D eigenvalue weighted by Crippen LogP contribution is -2.57. The Hall–Kier alpha value is -2.99. The fourth-order valence-electron chi connectivity index (χ4n) is 3.20. The predicted octanol–water partition coefficient (Wildman–Crippen LogP) is 3.18. The van der Waals surface area contributed by atoms with Crippen LogP contribution in [0.25, 0.3) is 0 Å². The summed E-state index contributed by atoms with van der Waals surface area (Å²) in [7, 11) is 0. The molecule has 0 bridgehead atoms. The molecule has 2 aromatic rings. The van der Waals surface area contributed by atoms with Gasteiger partial charge in [-0.05, 0) is 24.5 Å². The number of anilines is 2. The first-order chi connectivity index (χ1) is 13.8. The third-order valence-corrected chi connectivity index (χ3v) is 5.30. The van der Waals surface area contributed by atoms with Gasteiger partial charge in [-0.15, -0.1) is 0 Å². The van der Waals surface area contributed by atoms with E-state index in [0.29, 0.717) is 42.3 Å². The van der Waals surface area contributed by atoms with Crippen LogP contribution in [0.4, 0.5) is 20.5 Å². The molecule has 1 aromatic heterocycles. The van der Waals surface area contributed by atoms with Crippen molar-refractivity contribution in [2.45, 2.75) is 45.4 Å². The lowest BCUT2D eigenvalue weighted by molar-refractivity contribution is -0.0512. The van der Waals surface area contributed by atoms with Crippen molar-refractivity contribution in [2.75, 3.05) is 17.2 Å². The molecule has 1 aliphatic carbocycles. The normalized spacial score (nSPS) is 19.9. The van der Waals surface area contributed by atoms with Crippen LogP contribution >= 0.6 is 0 Å². The molecule has 1 aromatic carbocycles. The van der Waals surface area contributed by atoms with E-state index in [1.807, 2.05) is 13.8 Å². The Morgan fingerprint density at radius 3 is 2.79 bits per heavy atom. The molecule has 0 amide bonds. The quantitative estimate of drug-likeness (QED) is 0.622. The standard InChI is InChI=1S/C20H23F2N5O2/c1-20(2)15(9-16(20)28)26-17-13(10-23)11-25-19(27-17)24-8-7-12-5-3-4-6-14(12)29-18(21)22/h3-6,11,15-16,18,28H,7-9H2,1-2H3,(H2,24,25,26,27)/t15-,16+/m1/s1. The second-order valence-corrected chi connectivity index (χ2v) is 7.50.